The van der Waals surface area contributed by atoms with Crippen molar-refractivity contribution in [2.75, 3.05) is 4.90 Å². The van der Waals surface area contributed by atoms with E-state index in [0.717, 1.165) is 55.8 Å². The zero-order valence-electron chi connectivity index (χ0n) is 37.1. The van der Waals surface area contributed by atoms with Gasteiger partial charge in [-0.15, -0.1) is 0 Å². The Balaban J connectivity index is 1.05. The molecule has 0 atom stereocenters. The molecule has 3 heteroatoms. The maximum atomic E-state index is 6.54. The van der Waals surface area contributed by atoms with Crippen LogP contribution in [-0.4, -0.2) is 4.57 Å². The van der Waals surface area contributed by atoms with Gasteiger partial charge < -0.3 is 13.9 Å². The normalized spacial score (nSPS) is 12.8. The van der Waals surface area contributed by atoms with Crippen LogP contribution in [-0.2, 0) is 5.41 Å². The summed E-state index contributed by atoms with van der Waals surface area (Å²) in [6, 6.07) is 93.3. The quantitative estimate of drug-likeness (QED) is 0.159. The second kappa shape index (κ2) is 15.1. The van der Waals surface area contributed by atoms with E-state index in [1.54, 1.807) is 0 Å². The van der Waals surface area contributed by atoms with Crippen LogP contribution in [0.3, 0.4) is 0 Å². The zero-order valence-corrected chi connectivity index (χ0v) is 37.1. The van der Waals surface area contributed by atoms with Crippen LogP contribution in [0, 0.1) is 0 Å². The molecule has 1 aliphatic carbocycles. The number of nitrogens with zero attached hydrogens (tertiary/aromatic N) is 2. The molecular weight excluding hydrogens is 825 g/mol. The Hall–Kier alpha value is -8.92. The van der Waals surface area contributed by atoms with E-state index in [9.17, 15) is 0 Å². The molecule has 0 saturated carbocycles. The van der Waals surface area contributed by atoms with Gasteiger partial charge in [-0.05, 0) is 111 Å². The van der Waals surface area contributed by atoms with Crippen molar-refractivity contribution in [3.8, 4) is 27.9 Å². The number of fused-ring (bicyclic) bond motifs is 10. The minimum atomic E-state index is -0.558. The van der Waals surface area contributed by atoms with Crippen molar-refractivity contribution >= 4 is 71.6 Å². The number of anilines is 3. The number of aromatic nitrogens is 1. The molecule has 68 heavy (non-hydrogen) atoms. The minimum absolute atomic E-state index is 0.558. The van der Waals surface area contributed by atoms with Gasteiger partial charge in [0.25, 0.3) is 0 Å². The molecule has 0 amide bonds. The second-order valence-corrected chi connectivity index (χ2v) is 18.0. The molecular formula is C65H42N2O. The number of furan rings is 1. The lowest BCUT2D eigenvalue weighted by molar-refractivity contribution is 0.669. The van der Waals surface area contributed by atoms with Gasteiger partial charge >= 0.3 is 0 Å². The van der Waals surface area contributed by atoms with Gasteiger partial charge in [-0.2, -0.15) is 0 Å². The third-order valence-electron chi connectivity index (χ3n) is 14.4. The van der Waals surface area contributed by atoms with Crippen LogP contribution in [0.1, 0.15) is 22.3 Å². The van der Waals surface area contributed by atoms with Crippen LogP contribution in [0.5, 0.6) is 0 Å². The molecule has 0 fully saturated rings. The van der Waals surface area contributed by atoms with E-state index in [4.69, 9.17) is 4.42 Å². The third-order valence-corrected chi connectivity index (χ3v) is 14.4. The van der Waals surface area contributed by atoms with Crippen LogP contribution in [0.15, 0.2) is 259 Å². The first-order valence-electron chi connectivity index (χ1n) is 23.4. The Morgan fingerprint density at radius 2 is 0.941 bits per heavy atom. The zero-order chi connectivity index (χ0) is 44.8. The molecule has 1 aliphatic rings. The molecule has 0 radical (unpaired) electrons. The number of rotatable bonds is 7. The average molecular weight is 867 g/mol. The predicted molar refractivity (Wildman–Crippen MR) is 283 cm³/mol. The monoisotopic (exact) mass is 866 g/mol. The maximum Gasteiger partial charge on any atom is 0.136 e. The molecule has 11 aromatic carbocycles. The van der Waals surface area contributed by atoms with Crippen LogP contribution < -0.4 is 4.90 Å². The molecule has 0 spiro atoms. The van der Waals surface area contributed by atoms with E-state index in [-0.39, 0.29) is 0 Å². The molecule has 0 unspecified atom stereocenters. The summed E-state index contributed by atoms with van der Waals surface area (Å²) in [5.74, 6) is 0. The summed E-state index contributed by atoms with van der Waals surface area (Å²) in [5, 5.41) is 7.06. The molecule has 3 nitrogen and oxygen atoms in total. The van der Waals surface area contributed by atoms with Crippen molar-refractivity contribution < 1.29 is 4.42 Å². The molecule has 0 N–H and O–H groups in total. The van der Waals surface area contributed by atoms with Gasteiger partial charge in [-0.1, -0.05) is 188 Å². The predicted octanol–water partition coefficient (Wildman–Crippen LogP) is 17.3. The summed E-state index contributed by atoms with van der Waals surface area (Å²) in [6.45, 7) is 0. The largest absolute Gasteiger partial charge is 0.456 e. The summed E-state index contributed by atoms with van der Waals surface area (Å²) in [4.78, 5) is 2.51. The molecule has 2 heterocycles. The van der Waals surface area contributed by atoms with Crippen LogP contribution in [0.2, 0.25) is 0 Å². The Kier molecular flexibility index (Phi) is 8.50. The first kappa shape index (κ1) is 38.4. The minimum Gasteiger partial charge on any atom is -0.456 e. The highest BCUT2D eigenvalue weighted by Crippen LogP contribution is 2.60. The van der Waals surface area contributed by atoms with E-state index in [2.05, 4.69) is 264 Å². The Morgan fingerprint density at radius 3 is 1.69 bits per heavy atom. The topological polar surface area (TPSA) is 21.3 Å². The molecule has 0 bridgehead atoms. The lowest BCUT2D eigenvalue weighted by atomic mass is 9.68. The van der Waals surface area contributed by atoms with Gasteiger partial charge in [-0.3, -0.25) is 0 Å². The second-order valence-electron chi connectivity index (χ2n) is 18.0. The molecule has 0 aliphatic heterocycles. The maximum absolute atomic E-state index is 6.54. The van der Waals surface area contributed by atoms with Gasteiger partial charge in [0.05, 0.1) is 27.8 Å². The summed E-state index contributed by atoms with van der Waals surface area (Å²) in [7, 11) is 0. The highest BCUT2D eigenvalue weighted by Gasteiger charge is 2.47. The van der Waals surface area contributed by atoms with Crippen LogP contribution in [0.4, 0.5) is 17.1 Å². The lowest BCUT2D eigenvalue weighted by Gasteiger charge is -2.34. The molecule has 2 aromatic heterocycles. The fraction of sp³-hybridized carbons (Fsp3) is 0.0154. The summed E-state index contributed by atoms with van der Waals surface area (Å²) < 4.78 is 8.96. The molecule has 14 rings (SSSR count). The van der Waals surface area contributed by atoms with Gasteiger partial charge in [-0.25, -0.2) is 0 Å². The fourth-order valence-electron chi connectivity index (χ4n) is 11.6. The van der Waals surface area contributed by atoms with Gasteiger partial charge in [0, 0.05) is 44.0 Å². The van der Waals surface area contributed by atoms with Crippen LogP contribution in [0.25, 0.3) is 82.5 Å². The Morgan fingerprint density at radius 1 is 0.368 bits per heavy atom. The highest BCUT2D eigenvalue weighted by molar-refractivity contribution is 6.12. The van der Waals surface area contributed by atoms with E-state index >= 15 is 0 Å². The van der Waals surface area contributed by atoms with E-state index in [1.165, 1.54) is 66.0 Å². The van der Waals surface area contributed by atoms with Crippen molar-refractivity contribution in [1.82, 2.24) is 4.57 Å². The van der Waals surface area contributed by atoms with E-state index in [0.29, 0.717) is 0 Å². The van der Waals surface area contributed by atoms with Crippen molar-refractivity contribution in [2.45, 2.75) is 5.41 Å². The first-order valence-corrected chi connectivity index (χ1v) is 23.4. The molecule has 318 valence electrons. The number of para-hydroxylation sites is 3. The van der Waals surface area contributed by atoms with Crippen molar-refractivity contribution in [2.24, 2.45) is 0 Å². The van der Waals surface area contributed by atoms with E-state index < -0.39 is 5.41 Å². The first-order chi connectivity index (χ1) is 33.7. The molecule has 0 saturated heterocycles. The number of hydrogen-bond acceptors (Lipinski definition) is 2. The summed E-state index contributed by atoms with van der Waals surface area (Å²) in [6.07, 6.45) is 0. The molecule has 13 aromatic rings. The lowest BCUT2D eigenvalue weighted by Crippen LogP contribution is -2.28. The standard InChI is InChI=1S/C65H42N2O/c1-3-21-46(22-4-1)65(47-23-5-2-6-24-47)56-31-13-9-30-53(56)64-57(65)32-18-36-61(64)67(49-26-17-25-48(42-49)66-59-34-15-11-28-51(59)52-29-12-16-35-60(52)66)58-33-14-10-27-50(58)45-37-38-62-54(40-45)55-39-43-19-7-8-20-44(43)41-63(55)68-62/h1-42H. The summed E-state index contributed by atoms with van der Waals surface area (Å²) in [5.41, 5.74) is 17.6. The average Bonchev–Trinajstić information content (AvgIpc) is 4.05. The SMILES string of the molecule is c1ccc(C2(c3ccccc3)c3ccccc3-c3c(N(c4cccc(-n5c6ccccc6c6ccccc65)c4)c4ccccc4-c4ccc5oc6cc7ccccc7cc6c5c4)cccc32)cc1. The van der Waals surface area contributed by atoms with Crippen molar-refractivity contribution in [1.29, 1.82) is 0 Å². The van der Waals surface area contributed by atoms with Crippen molar-refractivity contribution in [3.63, 3.8) is 0 Å². The summed E-state index contributed by atoms with van der Waals surface area (Å²) >= 11 is 0. The number of benzene rings is 11. The Labute approximate surface area is 394 Å². The highest BCUT2D eigenvalue weighted by atomic mass is 16.3. The van der Waals surface area contributed by atoms with Gasteiger partial charge in [0.1, 0.15) is 11.2 Å². The fourth-order valence-corrected chi connectivity index (χ4v) is 11.6. The van der Waals surface area contributed by atoms with Crippen molar-refractivity contribution in [3.05, 3.63) is 277 Å². The Bertz CT molecular complexity index is 4010. The van der Waals surface area contributed by atoms with E-state index in [1.807, 2.05) is 0 Å². The van der Waals surface area contributed by atoms with Gasteiger partial charge in [0.15, 0.2) is 0 Å². The van der Waals surface area contributed by atoms with Gasteiger partial charge in [0.2, 0.25) is 0 Å². The van der Waals surface area contributed by atoms with Crippen LogP contribution >= 0.6 is 0 Å². The smallest absolute Gasteiger partial charge is 0.136 e. The number of hydrogen-bond donors (Lipinski definition) is 0. The third kappa shape index (κ3) is 5.60.